The van der Waals surface area contributed by atoms with Gasteiger partial charge in [0.1, 0.15) is 0 Å². The maximum atomic E-state index is 12.3. The van der Waals surface area contributed by atoms with E-state index < -0.39 is 0 Å². The summed E-state index contributed by atoms with van der Waals surface area (Å²) in [5.41, 5.74) is 1.10. The maximum absolute atomic E-state index is 12.3. The molecule has 3 unspecified atom stereocenters. The number of nitrogens with one attached hydrogen (secondary N) is 2. The quantitative estimate of drug-likeness (QED) is 0.877. The molecule has 0 bridgehead atoms. The summed E-state index contributed by atoms with van der Waals surface area (Å²) in [6.45, 7) is 5.01. The van der Waals surface area contributed by atoms with Crippen LogP contribution in [0.3, 0.4) is 0 Å². The molecule has 2 heterocycles. The van der Waals surface area contributed by atoms with Crippen molar-refractivity contribution in [1.29, 1.82) is 0 Å². The third-order valence-electron chi connectivity index (χ3n) is 4.92. The highest BCUT2D eigenvalue weighted by Crippen LogP contribution is 2.33. The summed E-state index contributed by atoms with van der Waals surface area (Å²) in [5, 5.41) is 9.92. The highest BCUT2D eigenvalue weighted by atomic mass is 32.1. The number of rotatable bonds is 5. The first-order valence-electron chi connectivity index (χ1n) is 8.61. The van der Waals surface area contributed by atoms with Crippen molar-refractivity contribution >= 4 is 17.2 Å². The van der Waals surface area contributed by atoms with Gasteiger partial charge in [0.05, 0.1) is 16.7 Å². The lowest BCUT2D eigenvalue weighted by Gasteiger charge is -2.24. The molecule has 0 aromatic carbocycles. The van der Waals surface area contributed by atoms with E-state index in [1.807, 2.05) is 0 Å². The van der Waals surface area contributed by atoms with Crippen LogP contribution >= 0.6 is 11.3 Å². The summed E-state index contributed by atoms with van der Waals surface area (Å²) in [5.74, 6) is 1.38. The van der Waals surface area contributed by atoms with Gasteiger partial charge in [0.25, 0.3) is 0 Å². The van der Waals surface area contributed by atoms with E-state index >= 15 is 0 Å². The molecule has 0 radical (unpaired) electrons. The van der Waals surface area contributed by atoms with Crippen LogP contribution in [0.15, 0.2) is 5.38 Å². The molecule has 1 amide bonds. The topological polar surface area (TPSA) is 54.0 Å². The Morgan fingerprint density at radius 2 is 2.27 bits per heavy atom. The molecule has 4 nitrogen and oxygen atoms in total. The van der Waals surface area contributed by atoms with E-state index in [9.17, 15) is 4.79 Å². The Morgan fingerprint density at radius 3 is 3.00 bits per heavy atom. The molecule has 3 rings (SSSR count). The molecule has 0 spiro atoms. The lowest BCUT2D eigenvalue weighted by molar-refractivity contribution is -0.122. The van der Waals surface area contributed by atoms with Gasteiger partial charge in [0, 0.05) is 30.3 Å². The molecular formula is C17H27N3OS. The number of amides is 1. The number of thiazole rings is 1. The second-order valence-corrected chi connectivity index (χ2v) is 7.87. The summed E-state index contributed by atoms with van der Waals surface area (Å²) in [6, 6.07) is 0.603. The van der Waals surface area contributed by atoms with Crippen molar-refractivity contribution in [3.8, 4) is 0 Å². The van der Waals surface area contributed by atoms with Gasteiger partial charge in [-0.25, -0.2) is 4.98 Å². The van der Waals surface area contributed by atoms with Crippen molar-refractivity contribution in [3.63, 3.8) is 0 Å². The fraction of sp³-hybridized carbons (Fsp3) is 0.765. The summed E-state index contributed by atoms with van der Waals surface area (Å²) < 4.78 is 0. The van der Waals surface area contributed by atoms with Crippen molar-refractivity contribution in [2.24, 2.45) is 5.92 Å². The highest BCUT2D eigenvalue weighted by Gasteiger charge is 2.37. The van der Waals surface area contributed by atoms with Gasteiger partial charge in [0.15, 0.2) is 0 Å². The van der Waals surface area contributed by atoms with Gasteiger partial charge in [-0.15, -0.1) is 11.3 Å². The zero-order valence-corrected chi connectivity index (χ0v) is 14.4. The third kappa shape index (κ3) is 3.69. The van der Waals surface area contributed by atoms with Gasteiger partial charge in [-0.3, -0.25) is 4.79 Å². The van der Waals surface area contributed by atoms with Crippen LogP contribution in [-0.2, 0) is 11.2 Å². The van der Waals surface area contributed by atoms with Crippen LogP contribution in [0.1, 0.15) is 62.6 Å². The Kier molecular flexibility index (Phi) is 5.14. The Labute approximate surface area is 137 Å². The van der Waals surface area contributed by atoms with Crippen LogP contribution in [0.4, 0.5) is 0 Å². The summed E-state index contributed by atoms with van der Waals surface area (Å²) in [6.07, 6.45) is 7.02. The Hall–Kier alpha value is -0.940. The van der Waals surface area contributed by atoms with Crippen LogP contribution in [-0.4, -0.2) is 29.5 Å². The monoisotopic (exact) mass is 321 g/mol. The zero-order chi connectivity index (χ0) is 15.5. The summed E-state index contributed by atoms with van der Waals surface area (Å²) >= 11 is 1.72. The van der Waals surface area contributed by atoms with E-state index in [2.05, 4.69) is 34.8 Å². The number of carbonyl (C=O) groups excluding carboxylic acids is 1. The third-order valence-corrected chi connectivity index (χ3v) is 6.12. The number of hydrogen-bond acceptors (Lipinski definition) is 4. The van der Waals surface area contributed by atoms with Crippen molar-refractivity contribution in [3.05, 3.63) is 16.1 Å². The molecule has 2 fully saturated rings. The lowest BCUT2D eigenvalue weighted by Crippen LogP contribution is -2.43. The normalized spacial score (nSPS) is 27.9. The first-order valence-corrected chi connectivity index (χ1v) is 9.49. The molecule has 3 atom stereocenters. The number of fused-ring (bicyclic) bond motifs is 1. The summed E-state index contributed by atoms with van der Waals surface area (Å²) in [4.78, 5) is 16.9. The number of carbonyl (C=O) groups is 1. The van der Waals surface area contributed by atoms with Crippen molar-refractivity contribution in [2.75, 3.05) is 6.54 Å². The van der Waals surface area contributed by atoms with Crippen LogP contribution in [0, 0.1) is 5.92 Å². The number of aromatic nitrogens is 1. The average Bonchev–Trinajstić information content (AvgIpc) is 3.13. The Bertz CT molecular complexity index is 500. The molecule has 1 aliphatic heterocycles. The Morgan fingerprint density at radius 1 is 1.45 bits per heavy atom. The van der Waals surface area contributed by atoms with Crippen molar-refractivity contribution < 1.29 is 4.79 Å². The van der Waals surface area contributed by atoms with E-state index in [1.54, 1.807) is 11.3 Å². The van der Waals surface area contributed by atoms with E-state index in [0.717, 1.165) is 24.5 Å². The van der Waals surface area contributed by atoms with E-state index in [4.69, 9.17) is 0 Å². The second-order valence-electron chi connectivity index (χ2n) is 6.98. The summed E-state index contributed by atoms with van der Waals surface area (Å²) in [7, 11) is 0. The van der Waals surface area contributed by atoms with E-state index in [0.29, 0.717) is 18.5 Å². The van der Waals surface area contributed by atoms with Gasteiger partial charge >= 0.3 is 0 Å². The van der Waals surface area contributed by atoms with Crippen molar-refractivity contribution in [1.82, 2.24) is 15.6 Å². The van der Waals surface area contributed by atoms with Gasteiger partial charge in [-0.2, -0.15) is 0 Å². The minimum atomic E-state index is 0.0229. The SMILES string of the molecule is CC(C)c1nc(CCNC(=O)C2CC3CCCCC3N2)cs1. The minimum Gasteiger partial charge on any atom is -0.354 e. The molecule has 1 saturated carbocycles. The standard InChI is InChI=1S/C17H27N3OS/c1-11(2)17-19-13(10-22-17)7-8-18-16(21)15-9-12-5-3-4-6-14(12)20-15/h10-12,14-15,20H,3-9H2,1-2H3,(H,18,21). The van der Waals surface area contributed by atoms with E-state index in [-0.39, 0.29) is 11.9 Å². The molecular weight excluding hydrogens is 294 g/mol. The first kappa shape index (κ1) is 15.9. The molecule has 1 saturated heterocycles. The lowest BCUT2D eigenvalue weighted by atomic mass is 9.85. The fourth-order valence-corrected chi connectivity index (χ4v) is 4.53. The molecule has 122 valence electrons. The highest BCUT2D eigenvalue weighted by molar-refractivity contribution is 7.09. The van der Waals surface area contributed by atoms with Crippen LogP contribution in [0.2, 0.25) is 0 Å². The van der Waals surface area contributed by atoms with Crippen LogP contribution in [0.5, 0.6) is 0 Å². The minimum absolute atomic E-state index is 0.0229. The molecule has 5 heteroatoms. The zero-order valence-electron chi connectivity index (χ0n) is 13.6. The molecule has 2 N–H and O–H groups in total. The predicted molar refractivity (Wildman–Crippen MR) is 90.2 cm³/mol. The van der Waals surface area contributed by atoms with Crippen LogP contribution in [0.25, 0.3) is 0 Å². The smallest absolute Gasteiger partial charge is 0.237 e. The van der Waals surface area contributed by atoms with Gasteiger partial charge in [0.2, 0.25) is 5.91 Å². The molecule has 22 heavy (non-hydrogen) atoms. The maximum Gasteiger partial charge on any atom is 0.237 e. The van der Waals surface area contributed by atoms with E-state index in [1.165, 1.54) is 30.7 Å². The fourth-order valence-electron chi connectivity index (χ4n) is 3.66. The van der Waals surface area contributed by atoms with Gasteiger partial charge < -0.3 is 10.6 Å². The molecule has 1 aromatic heterocycles. The number of nitrogens with zero attached hydrogens (tertiary/aromatic N) is 1. The van der Waals surface area contributed by atoms with Gasteiger partial charge in [-0.1, -0.05) is 26.7 Å². The van der Waals surface area contributed by atoms with Crippen LogP contribution < -0.4 is 10.6 Å². The van der Waals surface area contributed by atoms with Gasteiger partial charge in [-0.05, 0) is 25.2 Å². The first-order chi connectivity index (χ1) is 10.6. The Balaban J connectivity index is 1.42. The molecule has 1 aromatic rings. The second kappa shape index (κ2) is 7.09. The molecule has 1 aliphatic carbocycles. The predicted octanol–water partition coefficient (Wildman–Crippen LogP) is 2.85. The largest absolute Gasteiger partial charge is 0.354 e. The number of hydrogen-bond donors (Lipinski definition) is 2. The average molecular weight is 321 g/mol. The van der Waals surface area contributed by atoms with Crippen molar-refractivity contribution in [2.45, 2.75) is 70.4 Å². The molecule has 2 aliphatic rings.